The zero-order chi connectivity index (χ0) is 42.5. The van der Waals surface area contributed by atoms with E-state index in [1.807, 2.05) is 72.8 Å². The van der Waals surface area contributed by atoms with Crippen molar-refractivity contribution in [1.29, 1.82) is 0 Å². The van der Waals surface area contributed by atoms with Crippen molar-refractivity contribution in [3.8, 4) is 11.4 Å². The zero-order valence-electron chi connectivity index (χ0n) is 31.0. The molecule has 2 nitrogen and oxygen atoms in total. The van der Waals surface area contributed by atoms with Crippen LogP contribution in [0.3, 0.4) is 0 Å². The molecular weight excluding hydrogens is 807 g/mol. The summed E-state index contributed by atoms with van der Waals surface area (Å²) in [6.45, 7) is 0. The third-order valence-electron chi connectivity index (χ3n) is 11.4. The number of rotatable bonds is 6. The van der Waals surface area contributed by atoms with E-state index in [9.17, 15) is 8.78 Å². The van der Waals surface area contributed by atoms with Crippen molar-refractivity contribution in [2.45, 2.75) is 5.41 Å². The summed E-state index contributed by atoms with van der Waals surface area (Å²) in [6, 6.07) is 39.0. The fourth-order valence-corrected chi connectivity index (χ4v) is 8.86. The molecule has 0 fully saturated rings. The molecule has 300 valence electrons. The summed E-state index contributed by atoms with van der Waals surface area (Å²) in [6.07, 6.45) is 0. The highest BCUT2D eigenvalue weighted by Crippen LogP contribution is 2.51. The van der Waals surface area contributed by atoms with Crippen molar-refractivity contribution >= 4 is 43.6 Å². The molecule has 0 radical (unpaired) electrons. The van der Waals surface area contributed by atoms with Gasteiger partial charge in [0.15, 0.2) is 46.5 Å². The molecule has 2 heterocycles. The molecule has 0 aliphatic carbocycles. The number of halogens is 10. The van der Waals surface area contributed by atoms with Crippen LogP contribution in [-0.2, 0) is 5.41 Å². The maximum atomic E-state index is 16.6. The van der Waals surface area contributed by atoms with Gasteiger partial charge in [-0.15, -0.1) is 0 Å². The van der Waals surface area contributed by atoms with Gasteiger partial charge in [-0.2, -0.15) is 0 Å². The lowest BCUT2D eigenvalue weighted by atomic mass is 9.64. The van der Waals surface area contributed by atoms with Crippen molar-refractivity contribution in [3.05, 3.63) is 226 Å². The summed E-state index contributed by atoms with van der Waals surface area (Å²) >= 11 is 0. The summed E-state index contributed by atoms with van der Waals surface area (Å²) < 4.78 is 161. The van der Waals surface area contributed by atoms with Gasteiger partial charge in [-0.25, -0.2) is 43.9 Å². The lowest BCUT2D eigenvalue weighted by Gasteiger charge is -2.37. The summed E-state index contributed by atoms with van der Waals surface area (Å²) in [4.78, 5) is 0. The second kappa shape index (κ2) is 13.9. The molecular formula is C49H24F10N2. The minimum absolute atomic E-state index is 0.367. The Balaban J connectivity index is 1.32. The fourth-order valence-electron chi connectivity index (χ4n) is 8.86. The maximum absolute atomic E-state index is 16.6. The number of hydrogen-bond donors (Lipinski definition) is 0. The van der Waals surface area contributed by atoms with Crippen LogP contribution in [0.2, 0.25) is 0 Å². The van der Waals surface area contributed by atoms with Gasteiger partial charge in [-0.3, -0.25) is 0 Å². The van der Waals surface area contributed by atoms with Crippen LogP contribution in [0.15, 0.2) is 146 Å². The van der Waals surface area contributed by atoms with Gasteiger partial charge in [0, 0.05) is 44.0 Å². The SMILES string of the molecule is Fc1c(F)c(F)c(C(c2ccc(-n3c4ccccc4c4ccccc43)cc2)(c2ccc(-n3c4ccccc4c4ccccc43)cc2)c2c(F)c(F)c(F)c(F)c2F)c(F)c1F. The highest BCUT2D eigenvalue weighted by atomic mass is 19.2. The van der Waals surface area contributed by atoms with Gasteiger partial charge in [0.05, 0.1) is 27.5 Å². The molecule has 2 aromatic heterocycles. The fraction of sp³-hybridized carbons (Fsp3) is 0.0204. The molecule has 0 amide bonds. The molecule has 0 atom stereocenters. The third-order valence-corrected chi connectivity index (χ3v) is 11.4. The number of nitrogens with zero attached hydrogens (tertiary/aromatic N) is 2. The summed E-state index contributed by atoms with van der Waals surface area (Å²) in [5.74, 6) is -25.5. The number of para-hydroxylation sites is 4. The van der Waals surface area contributed by atoms with Gasteiger partial charge in [0.25, 0.3) is 0 Å². The van der Waals surface area contributed by atoms with Crippen molar-refractivity contribution in [3.63, 3.8) is 0 Å². The van der Waals surface area contributed by atoms with Crippen LogP contribution in [0.1, 0.15) is 22.3 Å². The Morgan fingerprint density at radius 3 is 0.754 bits per heavy atom. The van der Waals surface area contributed by atoms with E-state index in [-0.39, 0.29) is 0 Å². The smallest absolute Gasteiger partial charge is 0.200 e. The van der Waals surface area contributed by atoms with Gasteiger partial charge in [0.1, 0.15) is 0 Å². The van der Waals surface area contributed by atoms with Crippen LogP contribution < -0.4 is 0 Å². The average Bonchev–Trinajstić information content (AvgIpc) is 3.82. The first-order valence-corrected chi connectivity index (χ1v) is 18.7. The molecule has 0 N–H and O–H groups in total. The first kappa shape index (κ1) is 37.9. The van der Waals surface area contributed by atoms with Crippen LogP contribution in [0.4, 0.5) is 43.9 Å². The molecule has 0 unspecified atom stereocenters. The molecule has 0 saturated heterocycles. The number of fused-ring (bicyclic) bond motifs is 6. The topological polar surface area (TPSA) is 9.86 Å². The van der Waals surface area contributed by atoms with Crippen molar-refractivity contribution in [2.24, 2.45) is 0 Å². The lowest BCUT2D eigenvalue weighted by Crippen LogP contribution is -2.37. The predicted octanol–water partition coefficient (Wildman–Crippen LogP) is 13.7. The van der Waals surface area contributed by atoms with Gasteiger partial charge in [0.2, 0.25) is 11.6 Å². The summed E-state index contributed by atoms with van der Waals surface area (Å²) in [5.41, 5.74) is -4.87. The molecule has 0 bridgehead atoms. The average molecular weight is 831 g/mol. The van der Waals surface area contributed by atoms with Crippen LogP contribution >= 0.6 is 0 Å². The summed E-state index contributed by atoms with van der Waals surface area (Å²) in [7, 11) is 0. The molecule has 10 aromatic rings. The van der Waals surface area contributed by atoms with E-state index in [4.69, 9.17) is 0 Å². The maximum Gasteiger partial charge on any atom is 0.200 e. The molecule has 61 heavy (non-hydrogen) atoms. The van der Waals surface area contributed by atoms with Crippen molar-refractivity contribution in [1.82, 2.24) is 9.13 Å². The van der Waals surface area contributed by atoms with Gasteiger partial charge in [-0.1, -0.05) is 97.1 Å². The van der Waals surface area contributed by atoms with E-state index < -0.39 is 85.8 Å². The van der Waals surface area contributed by atoms with Gasteiger partial charge in [-0.05, 0) is 59.7 Å². The van der Waals surface area contributed by atoms with E-state index >= 15 is 35.1 Å². The number of hydrogen-bond acceptors (Lipinski definition) is 0. The largest absolute Gasteiger partial charge is 0.309 e. The Hall–Kier alpha value is -7.34. The van der Waals surface area contributed by atoms with Crippen LogP contribution in [0.25, 0.3) is 55.0 Å². The Bertz CT molecular complexity index is 3030. The zero-order valence-corrected chi connectivity index (χ0v) is 31.0. The molecule has 0 spiro atoms. The molecule has 0 aliphatic rings. The Kier molecular flexibility index (Phi) is 8.62. The predicted molar refractivity (Wildman–Crippen MR) is 213 cm³/mol. The van der Waals surface area contributed by atoms with E-state index in [1.165, 1.54) is 24.3 Å². The second-order valence-corrected chi connectivity index (χ2v) is 14.5. The number of aromatic nitrogens is 2. The highest BCUT2D eigenvalue weighted by Gasteiger charge is 2.51. The molecule has 10 rings (SSSR count). The molecule has 0 saturated carbocycles. The minimum atomic E-state index is -3.44. The van der Waals surface area contributed by atoms with Crippen LogP contribution in [0.5, 0.6) is 0 Å². The van der Waals surface area contributed by atoms with Gasteiger partial charge >= 0.3 is 0 Å². The monoisotopic (exact) mass is 830 g/mol. The quantitative estimate of drug-likeness (QED) is 0.0684. The van der Waals surface area contributed by atoms with Gasteiger partial charge < -0.3 is 9.13 Å². The van der Waals surface area contributed by atoms with Crippen molar-refractivity contribution in [2.75, 3.05) is 0 Å². The van der Waals surface area contributed by atoms with E-state index in [0.717, 1.165) is 45.8 Å². The Morgan fingerprint density at radius 2 is 0.492 bits per heavy atom. The standard InChI is InChI=1S/C49H24F10N2/c50-39-37(40(51)44(55)47(58)43(39)54)49(38-41(52)45(56)48(59)46(57)42(38)53,25-17-21-27(22-18-25)60-33-13-5-1-9-29(33)30-10-2-6-14-34(30)60)26-19-23-28(24-20-26)61-35-15-7-3-11-31(35)32-12-4-8-16-36(32)61/h1-24H. The number of benzene rings is 8. The Morgan fingerprint density at radius 1 is 0.262 bits per heavy atom. The van der Waals surface area contributed by atoms with E-state index in [1.54, 1.807) is 33.4 Å². The third kappa shape index (κ3) is 5.24. The van der Waals surface area contributed by atoms with Crippen molar-refractivity contribution < 1.29 is 43.9 Å². The first-order valence-electron chi connectivity index (χ1n) is 18.7. The molecule has 0 aliphatic heterocycles. The van der Waals surface area contributed by atoms with Crippen LogP contribution in [-0.4, -0.2) is 9.13 Å². The van der Waals surface area contributed by atoms with E-state index in [0.29, 0.717) is 33.4 Å². The van der Waals surface area contributed by atoms with E-state index in [2.05, 4.69) is 0 Å². The molecule has 8 aromatic carbocycles. The lowest BCUT2D eigenvalue weighted by molar-refractivity contribution is 0.346. The second-order valence-electron chi connectivity index (χ2n) is 14.5. The summed E-state index contributed by atoms with van der Waals surface area (Å²) in [5, 5.41) is 3.34. The van der Waals surface area contributed by atoms with Crippen LogP contribution in [0, 0.1) is 58.2 Å². The Labute approximate surface area is 338 Å². The normalized spacial score (nSPS) is 12.1. The highest BCUT2D eigenvalue weighted by molar-refractivity contribution is 6.10. The molecule has 12 heteroatoms. The minimum Gasteiger partial charge on any atom is -0.309 e. The first-order chi connectivity index (χ1) is 29.5.